The zero-order chi connectivity index (χ0) is 11.0. The van der Waals surface area contributed by atoms with Crippen molar-refractivity contribution in [3.63, 3.8) is 0 Å². The van der Waals surface area contributed by atoms with Crippen molar-refractivity contribution in [1.29, 1.82) is 0 Å². The predicted octanol–water partition coefficient (Wildman–Crippen LogP) is -0.234. The zero-order valence-corrected chi connectivity index (χ0v) is 8.38. The van der Waals surface area contributed by atoms with Crippen LogP contribution in [0.2, 0.25) is 0 Å². The lowest BCUT2D eigenvalue weighted by Gasteiger charge is -2.12. The van der Waals surface area contributed by atoms with Crippen LogP contribution in [0, 0.1) is 6.92 Å². The number of amides is 1. The lowest BCUT2D eigenvalue weighted by atomic mass is 10.3. The molecule has 0 aliphatic carbocycles. The topological polar surface area (TPSA) is 73.9 Å². The van der Waals surface area contributed by atoms with Gasteiger partial charge in [0.15, 0.2) is 5.76 Å². The van der Waals surface area contributed by atoms with Crippen LogP contribution < -0.4 is 0 Å². The monoisotopic (exact) mass is 211 g/mol. The Morgan fingerprint density at radius 1 is 1.40 bits per heavy atom. The molecule has 82 valence electrons. The Balaban J connectivity index is 2.10. The first-order valence-corrected chi connectivity index (χ1v) is 4.80. The third-order valence-corrected chi connectivity index (χ3v) is 2.50. The van der Waals surface area contributed by atoms with Crippen molar-refractivity contribution < 1.29 is 19.4 Å². The molecule has 1 aromatic heterocycles. The van der Waals surface area contributed by atoms with E-state index in [1.165, 1.54) is 4.90 Å². The van der Waals surface area contributed by atoms with E-state index in [1.807, 2.05) is 0 Å². The van der Waals surface area contributed by atoms with Crippen LogP contribution >= 0.6 is 0 Å². The molecule has 0 saturated carbocycles. The number of carbonyl (C=O) groups excluding carboxylic acids is 1. The van der Waals surface area contributed by atoms with Crippen LogP contribution in [0.15, 0.2) is 16.5 Å². The Labute approximate surface area is 86.9 Å². The molecule has 0 aromatic carbocycles. The standard InChI is InChI=1S/C10H13NO4/c1-6-2-3-9(15-6)10(14)11-4-7(12)8(13)5-11/h2-3,7-8,12-13H,4-5H2,1H3/t7-,8+. The molecule has 1 aliphatic rings. The van der Waals surface area contributed by atoms with Crippen LogP contribution in [0.3, 0.4) is 0 Å². The van der Waals surface area contributed by atoms with Crippen LogP contribution in [0.25, 0.3) is 0 Å². The van der Waals surface area contributed by atoms with Gasteiger partial charge in [-0.2, -0.15) is 0 Å². The number of aliphatic hydroxyl groups excluding tert-OH is 2. The minimum Gasteiger partial charge on any atom is -0.456 e. The van der Waals surface area contributed by atoms with Gasteiger partial charge in [-0.1, -0.05) is 0 Å². The van der Waals surface area contributed by atoms with Gasteiger partial charge in [0.2, 0.25) is 0 Å². The van der Waals surface area contributed by atoms with Gasteiger partial charge in [-0.05, 0) is 19.1 Å². The predicted molar refractivity (Wildman–Crippen MR) is 51.4 cm³/mol. The van der Waals surface area contributed by atoms with Crippen molar-refractivity contribution in [3.05, 3.63) is 23.7 Å². The molecule has 5 heteroatoms. The molecule has 0 radical (unpaired) electrons. The first-order chi connectivity index (χ1) is 7.08. The van der Waals surface area contributed by atoms with Gasteiger partial charge in [0.05, 0.1) is 12.2 Å². The van der Waals surface area contributed by atoms with E-state index >= 15 is 0 Å². The lowest BCUT2D eigenvalue weighted by Crippen LogP contribution is -2.29. The largest absolute Gasteiger partial charge is 0.456 e. The maximum atomic E-state index is 11.8. The SMILES string of the molecule is Cc1ccc(C(=O)N2C[C@@H](O)[C@@H](O)C2)o1. The molecule has 1 aliphatic heterocycles. The van der Waals surface area contributed by atoms with Crippen molar-refractivity contribution in [2.45, 2.75) is 19.1 Å². The summed E-state index contributed by atoms with van der Waals surface area (Å²) in [5, 5.41) is 18.6. The van der Waals surface area contributed by atoms with Gasteiger partial charge in [-0.25, -0.2) is 0 Å². The second-order valence-electron chi connectivity index (χ2n) is 3.76. The summed E-state index contributed by atoms with van der Waals surface area (Å²) in [5.41, 5.74) is 0. The smallest absolute Gasteiger partial charge is 0.289 e. The summed E-state index contributed by atoms with van der Waals surface area (Å²) >= 11 is 0. The molecule has 0 bridgehead atoms. The van der Waals surface area contributed by atoms with Gasteiger partial charge in [-0.3, -0.25) is 4.79 Å². The van der Waals surface area contributed by atoms with Crippen molar-refractivity contribution in [2.75, 3.05) is 13.1 Å². The summed E-state index contributed by atoms with van der Waals surface area (Å²) in [6.07, 6.45) is -1.71. The lowest BCUT2D eigenvalue weighted by molar-refractivity contribution is 0.0572. The molecule has 2 rings (SSSR count). The van der Waals surface area contributed by atoms with E-state index < -0.39 is 12.2 Å². The fraction of sp³-hybridized carbons (Fsp3) is 0.500. The Morgan fingerprint density at radius 3 is 2.47 bits per heavy atom. The van der Waals surface area contributed by atoms with Gasteiger partial charge in [0.25, 0.3) is 5.91 Å². The number of hydrogen-bond donors (Lipinski definition) is 2. The average molecular weight is 211 g/mol. The Bertz CT molecular complexity index is 363. The number of aliphatic hydroxyl groups is 2. The zero-order valence-electron chi connectivity index (χ0n) is 8.38. The van der Waals surface area contributed by atoms with Gasteiger partial charge >= 0.3 is 0 Å². The molecule has 1 aromatic rings. The van der Waals surface area contributed by atoms with E-state index in [4.69, 9.17) is 4.42 Å². The fourth-order valence-corrected chi connectivity index (χ4v) is 1.64. The molecule has 1 fully saturated rings. The van der Waals surface area contributed by atoms with Gasteiger partial charge < -0.3 is 19.5 Å². The normalized spacial score (nSPS) is 25.9. The number of carbonyl (C=O) groups is 1. The van der Waals surface area contributed by atoms with E-state index in [2.05, 4.69) is 0 Å². The Hall–Kier alpha value is -1.33. The van der Waals surface area contributed by atoms with E-state index in [-0.39, 0.29) is 24.8 Å². The maximum Gasteiger partial charge on any atom is 0.289 e. The molecule has 2 heterocycles. The molecular formula is C10H13NO4. The van der Waals surface area contributed by atoms with Crippen molar-refractivity contribution >= 4 is 5.91 Å². The Kier molecular flexibility index (Phi) is 2.50. The number of aryl methyl sites for hydroxylation is 1. The minimum absolute atomic E-state index is 0.153. The van der Waals surface area contributed by atoms with Gasteiger partial charge in [0.1, 0.15) is 5.76 Å². The summed E-state index contributed by atoms with van der Waals surface area (Å²) in [6.45, 7) is 2.06. The van der Waals surface area contributed by atoms with Crippen LogP contribution in [0.1, 0.15) is 16.3 Å². The summed E-state index contributed by atoms with van der Waals surface area (Å²) in [6, 6.07) is 3.30. The number of furan rings is 1. The number of nitrogens with zero attached hydrogens (tertiary/aromatic N) is 1. The van der Waals surface area contributed by atoms with E-state index in [0.717, 1.165) is 0 Å². The number of likely N-dealkylation sites (tertiary alicyclic amines) is 1. The fourth-order valence-electron chi connectivity index (χ4n) is 1.64. The van der Waals surface area contributed by atoms with Crippen molar-refractivity contribution in [1.82, 2.24) is 4.90 Å². The molecule has 2 atom stereocenters. The third kappa shape index (κ3) is 1.88. The molecular weight excluding hydrogens is 198 g/mol. The first-order valence-electron chi connectivity index (χ1n) is 4.80. The summed E-state index contributed by atoms with van der Waals surface area (Å²) in [4.78, 5) is 13.1. The van der Waals surface area contributed by atoms with Gasteiger partial charge in [-0.15, -0.1) is 0 Å². The van der Waals surface area contributed by atoms with E-state index in [9.17, 15) is 15.0 Å². The summed E-state index contributed by atoms with van der Waals surface area (Å²) < 4.78 is 5.17. The molecule has 0 unspecified atom stereocenters. The first kappa shape index (κ1) is 10.2. The number of hydrogen-bond acceptors (Lipinski definition) is 4. The highest BCUT2D eigenvalue weighted by atomic mass is 16.4. The molecule has 5 nitrogen and oxygen atoms in total. The molecule has 1 amide bonds. The van der Waals surface area contributed by atoms with Crippen LogP contribution in [0.4, 0.5) is 0 Å². The number of rotatable bonds is 1. The van der Waals surface area contributed by atoms with Crippen molar-refractivity contribution in [2.24, 2.45) is 0 Å². The average Bonchev–Trinajstić information content (AvgIpc) is 2.74. The molecule has 2 N–H and O–H groups in total. The minimum atomic E-state index is -0.856. The summed E-state index contributed by atoms with van der Waals surface area (Å²) in [5.74, 6) is 0.617. The molecule has 0 spiro atoms. The Morgan fingerprint density at radius 2 is 2.00 bits per heavy atom. The highest BCUT2D eigenvalue weighted by Gasteiger charge is 2.33. The second-order valence-corrected chi connectivity index (χ2v) is 3.76. The van der Waals surface area contributed by atoms with Crippen molar-refractivity contribution in [3.8, 4) is 0 Å². The van der Waals surface area contributed by atoms with Crippen LogP contribution in [-0.2, 0) is 0 Å². The van der Waals surface area contributed by atoms with Gasteiger partial charge in [0, 0.05) is 13.1 Å². The van der Waals surface area contributed by atoms with Crippen LogP contribution in [-0.4, -0.2) is 46.3 Å². The third-order valence-electron chi connectivity index (χ3n) is 2.50. The molecule has 1 saturated heterocycles. The quantitative estimate of drug-likeness (QED) is 0.672. The maximum absolute atomic E-state index is 11.8. The second kappa shape index (κ2) is 3.67. The van der Waals surface area contributed by atoms with E-state index in [1.54, 1.807) is 19.1 Å². The van der Waals surface area contributed by atoms with Crippen LogP contribution in [0.5, 0.6) is 0 Å². The molecule has 15 heavy (non-hydrogen) atoms. The highest BCUT2D eigenvalue weighted by molar-refractivity contribution is 5.91. The summed E-state index contributed by atoms with van der Waals surface area (Å²) in [7, 11) is 0. The highest BCUT2D eigenvalue weighted by Crippen LogP contribution is 2.15. The van der Waals surface area contributed by atoms with E-state index in [0.29, 0.717) is 5.76 Å². The number of β-amino-alcohol motifs (C(OH)–C–C–N with tert-alkyl or cyclic N) is 2.